The number of primary amides is 1. The van der Waals surface area contributed by atoms with Crippen LogP contribution in [0.1, 0.15) is 23.0 Å². The molecule has 4 nitrogen and oxygen atoms in total. The zero-order valence-electron chi connectivity index (χ0n) is 8.40. The molecule has 0 saturated heterocycles. The van der Waals surface area contributed by atoms with Gasteiger partial charge in [-0.05, 0) is 18.1 Å². The van der Waals surface area contributed by atoms with E-state index in [0.29, 0.717) is 6.42 Å². The average Bonchev–Trinajstić information content (AvgIpc) is 2.27. The van der Waals surface area contributed by atoms with Gasteiger partial charge in [0.25, 0.3) is 5.91 Å². The summed E-state index contributed by atoms with van der Waals surface area (Å²) in [6.45, 7) is 1.97. The van der Waals surface area contributed by atoms with Crippen molar-refractivity contribution in [1.82, 2.24) is 10.2 Å². The van der Waals surface area contributed by atoms with Crippen LogP contribution in [0, 0.1) is 0 Å². The molecule has 15 heavy (non-hydrogen) atoms. The summed E-state index contributed by atoms with van der Waals surface area (Å²) in [6, 6.07) is 7.59. The Morgan fingerprint density at radius 1 is 1.33 bits per heavy atom. The number of aromatic nitrogens is 2. The van der Waals surface area contributed by atoms with Crippen LogP contribution >= 0.6 is 0 Å². The minimum absolute atomic E-state index is 0.274. The predicted octanol–water partition coefficient (Wildman–Crippen LogP) is 1.29. The molecule has 0 spiro atoms. The molecule has 0 fully saturated rings. The first-order valence-corrected chi connectivity index (χ1v) is 4.78. The van der Waals surface area contributed by atoms with E-state index in [-0.39, 0.29) is 5.69 Å². The van der Waals surface area contributed by atoms with Crippen LogP contribution in [0.15, 0.2) is 24.3 Å². The SMILES string of the molecule is CCc1c(C(N)=O)nnc2ccccc12. The van der Waals surface area contributed by atoms with Gasteiger partial charge < -0.3 is 5.73 Å². The van der Waals surface area contributed by atoms with Crippen molar-refractivity contribution in [2.45, 2.75) is 13.3 Å². The largest absolute Gasteiger partial charge is 0.364 e. The number of amides is 1. The number of hydrogen-bond acceptors (Lipinski definition) is 3. The van der Waals surface area contributed by atoms with Gasteiger partial charge in [0.15, 0.2) is 5.69 Å². The van der Waals surface area contributed by atoms with Crippen LogP contribution in [0.3, 0.4) is 0 Å². The summed E-state index contributed by atoms with van der Waals surface area (Å²) in [5.74, 6) is -0.523. The monoisotopic (exact) mass is 201 g/mol. The molecule has 0 aliphatic carbocycles. The maximum Gasteiger partial charge on any atom is 0.269 e. The second-order valence-electron chi connectivity index (χ2n) is 3.26. The fourth-order valence-electron chi connectivity index (χ4n) is 1.66. The van der Waals surface area contributed by atoms with Gasteiger partial charge in [-0.1, -0.05) is 25.1 Å². The standard InChI is InChI=1S/C11H11N3O/c1-2-7-8-5-3-4-6-9(8)13-14-10(7)11(12)15/h3-6H,2H2,1H3,(H2,12,15). The van der Waals surface area contributed by atoms with Crippen molar-refractivity contribution in [3.8, 4) is 0 Å². The number of rotatable bonds is 2. The number of nitrogens with zero attached hydrogens (tertiary/aromatic N) is 2. The molecule has 0 aliphatic rings. The summed E-state index contributed by atoms with van der Waals surface area (Å²) < 4.78 is 0. The Kier molecular flexibility index (Phi) is 2.33. The Bertz CT molecular complexity index is 522. The molecule has 0 radical (unpaired) electrons. The van der Waals surface area contributed by atoms with E-state index in [9.17, 15) is 4.79 Å². The third-order valence-electron chi connectivity index (χ3n) is 2.36. The minimum Gasteiger partial charge on any atom is -0.364 e. The molecule has 2 aromatic rings. The molecule has 1 aromatic carbocycles. The van der Waals surface area contributed by atoms with Gasteiger partial charge in [0, 0.05) is 5.39 Å². The summed E-state index contributed by atoms with van der Waals surface area (Å²) in [4.78, 5) is 11.1. The van der Waals surface area contributed by atoms with E-state index < -0.39 is 5.91 Å². The van der Waals surface area contributed by atoms with Crippen LogP contribution in [0.5, 0.6) is 0 Å². The summed E-state index contributed by atoms with van der Waals surface area (Å²) in [5, 5.41) is 8.76. The highest BCUT2D eigenvalue weighted by Crippen LogP contribution is 2.18. The first kappa shape index (κ1) is 9.58. The third-order valence-corrected chi connectivity index (χ3v) is 2.36. The minimum atomic E-state index is -0.523. The van der Waals surface area contributed by atoms with E-state index in [1.807, 2.05) is 31.2 Å². The molecule has 0 aliphatic heterocycles. The molecule has 4 heteroatoms. The van der Waals surface area contributed by atoms with Gasteiger partial charge in [0.1, 0.15) is 0 Å². The topological polar surface area (TPSA) is 68.9 Å². The Hall–Kier alpha value is -1.97. The maximum atomic E-state index is 11.1. The van der Waals surface area contributed by atoms with E-state index in [4.69, 9.17) is 5.73 Å². The Morgan fingerprint density at radius 3 is 2.73 bits per heavy atom. The summed E-state index contributed by atoms with van der Waals surface area (Å²) >= 11 is 0. The quantitative estimate of drug-likeness (QED) is 0.796. The zero-order chi connectivity index (χ0) is 10.8. The zero-order valence-corrected chi connectivity index (χ0v) is 8.40. The fourth-order valence-corrected chi connectivity index (χ4v) is 1.66. The van der Waals surface area contributed by atoms with Crippen molar-refractivity contribution in [1.29, 1.82) is 0 Å². The molecule has 0 saturated carbocycles. The summed E-state index contributed by atoms with van der Waals surface area (Å²) in [5.41, 5.74) is 7.17. The second-order valence-corrected chi connectivity index (χ2v) is 3.26. The van der Waals surface area contributed by atoms with Crippen molar-refractivity contribution in [3.63, 3.8) is 0 Å². The van der Waals surface area contributed by atoms with Crippen molar-refractivity contribution in [2.75, 3.05) is 0 Å². The highest BCUT2D eigenvalue weighted by Gasteiger charge is 2.12. The predicted molar refractivity (Wildman–Crippen MR) is 57.4 cm³/mol. The molecule has 76 valence electrons. The van der Waals surface area contributed by atoms with Crippen molar-refractivity contribution in [3.05, 3.63) is 35.5 Å². The number of fused-ring (bicyclic) bond motifs is 1. The van der Waals surface area contributed by atoms with E-state index in [1.54, 1.807) is 0 Å². The lowest BCUT2D eigenvalue weighted by molar-refractivity contribution is 0.0994. The van der Waals surface area contributed by atoms with Crippen LogP contribution in [0.4, 0.5) is 0 Å². The molecule has 1 aromatic heterocycles. The molecule has 0 bridgehead atoms. The van der Waals surface area contributed by atoms with E-state index in [1.165, 1.54) is 0 Å². The number of carbonyl (C=O) groups excluding carboxylic acids is 1. The second kappa shape index (κ2) is 3.65. The highest BCUT2D eigenvalue weighted by molar-refractivity contribution is 5.97. The van der Waals surface area contributed by atoms with Crippen molar-refractivity contribution < 1.29 is 4.79 Å². The number of nitrogens with two attached hydrogens (primary N) is 1. The number of aryl methyl sites for hydroxylation is 1. The van der Waals surface area contributed by atoms with Crippen molar-refractivity contribution >= 4 is 16.8 Å². The smallest absolute Gasteiger partial charge is 0.269 e. The van der Waals surface area contributed by atoms with E-state index >= 15 is 0 Å². The third kappa shape index (κ3) is 1.54. The van der Waals surface area contributed by atoms with Gasteiger partial charge in [-0.15, -0.1) is 10.2 Å². The van der Waals surface area contributed by atoms with E-state index in [2.05, 4.69) is 10.2 Å². The molecule has 1 amide bonds. The van der Waals surface area contributed by atoms with Crippen LogP contribution in [-0.2, 0) is 6.42 Å². The summed E-state index contributed by atoms with van der Waals surface area (Å²) in [7, 11) is 0. The van der Waals surface area contributed by atoms with Crippen LogP contribution in [0.25, 0.3) is 10.9 Å². The van der Waals surface area contributed by atoms with Gasteiger partial charge in [-0.25, -0.2) is 0 Å². The molecule has 0 atom stereocenters. The summed E-state index contributed by atoms with van der Waals surface area (Å²) in [6.07, 6.45) is 0.717. The number of benzene rings is 1. The fraction of sp³-hybridized carbons (Fsp3) is 0.182. The van der Waals surface area contributed by atoms with Gasteiger partial charge in [-0.2, -0.15) is 0 Å². The Morgan fingerprint density at radius 2 is 2.07 bits per heavy atom. The first-order valence-electron chi connectivity index (χ1n) is 4.78. The van der Waals surface area contributed by atoms with Gasteiger partial charge in [0.05, 0.1) is 5.52 Å². The molecule has 2 rings (SSSR count). The number of hydrogen-bond donors (Lipinski definition) is 1. The highest BCUT2D eigenvalue weighted by atomic mass is 16.1. The van der Waals surface area contributed by atoms with Crippen LogP contribution < -0.4 is 5.73 Å². The molecule has 1 heterocycles. The first-order chi connectivity index (χ1) is 7.24. The van der Waals surface area contributed by atoms with Gasteiger partial charge in [0.2, 0.25) is 0 Å². The Balaban J connectivity index is 2.81. The average molecular weight is 201 g/mol. The van der Waals surface area contributed by atoms with E-state index in [0.717, 1.165) is 16.5 Å². The lowest BCUT2D eigenvalue weighted by Crippen LogP contribution is -2.16. The molecule has 0 unspecified atom stereocenters. The normalized spacial score (nSPS) is 10.5. The van der Waals surface area contributed by atoms with Gasteiger partial charge >= 0.3 is 0 Å². The molecular weight excluding hydrogens is 190 g/mol. The number of carbonyl (C=O) groups is 1. The Labute approximate surface area is 87.1 Å². The lowest BCUT2D eigenvalue weighted by atomic mass is 10.0. The lowest BCUT2D eigenvalue weighted by Gasteiger charge is -2.06. The molecule has 2 N–H and O–H groups in total. The van der Waals surface area contributed by atoms with Crippen molar-refractivity contribution in [2.24, 2.45) is 5.73 Å². The molecular formula is C11H11N3O. The van der Waals surface area contributed by atoms with Crippen LogP contribution in [0.2, 0.25) is 0 Å². The van der Waals surface area contributed by atoms with Gasteiger partial charge in [-0.3, -0.25) is 4.79 Å². The van der Waals surface area contributed by atoms with Crippen LogP contribution in [-0.4, -0.2) is 16.1 Å². The maximum absolute atomic E-state index is 11.1.